The van der Waals surface area contributed by atoms with E-state index < -0.39 is 5.91 Å². The molecule has 26 heavy (non-hydrogen) atoms. The Hall–Kier alpha value is -2.89. The normalized spacial score (nSPS) is 10.2. The molecule has 0 aliphatic carbocycles. The van der Waals surface area contributed by atoms with Crippen LogP contribution >= 0.6 is 23.2 Å². The zero-order valence-corrected chi connectivity index (χ0v) is 14.9. The monoisotopic (exact) mass is 385 g/mol. The van der Waals surface area contributed by atoms with E-state index in [-0.39, 0.29) is 17.0 Å². The topological polar surface area (TPSA) is 71.1 Å². The van der Waals surface area contributed by atoms with Gasteiger partial charge < -0.3 is 10.6 Å². The fraction of sp³-hybridized carbons (Fsp3) is 0. The minimum Gasteiger partial charge on any atom is -0.322 e. The number of amides is 2. The number of nitrogens with one attached hydrogen (secondary N) is 2. The average molecular weight is 386 g/mol. The van der Waals surface area contributed by atoms with Gasteiger partial charge in [0, 0.05) is 18.1 Å². The molecule has 3 aromatic rings. The molecule has 2 amide bonds. The fourth-order valence-electron chi connectivity index (χ4n) is 2.22. The van der Waals surface area contributed by atoms with Gasteiger partial charge in [-0.1, -0.05) is 47.5 Å². The van der Waals surface area contributed by atoms with Crippen molar-refractivity contribution >= 4 is 46.4 Å². The Morgan fingerprint density at radius 1 is 0.769 bits per heavy atom. The van der Waals surface area contributed by atoms with Crippen molar-refractivity contribution in [1.29, 1.82) is 0 Å². The molecular formula is C19H13Cl2N3O2. The molecule has 0 atom stereocenters. The van der Waals surface area contributed by atoms with Crippen molar-refractivity contribution in [2.75, 3.05) is 10.6 Å². The van der Waals surface area contributed by atoms with Crippen LogP contribution in [-0.2, 0) is 0 Å². The number of rotatable bonds is 4. The van der Waals surface area contributed by atoms with Crippen LogP contribution in [0.4, 0.5) is 11.4 Å². The van der Waals surface area contributed by atoms with E-state index in [9.17, 15) is 9.59 Å². The third-order valence-electron chi connectivity index (χ3n) is 3.50. The molecule has 0 radical (unpaired) electrons. The Balaban J connectivity index is 1.78. The highest BCUT2D eigenvalue weighted by atomic mass is 35.5. The molecule has 5 nitrogen and oxygen atoms in total. The highest BCUT2D eigenvalue weighted by Gasteiger charge is 2.14. The van der Waals surface area contributed by atoms with Crippen LogP contribution < -0.4 is 10.6 Å². The van der Waals surface area contributed by atoms with Gasteiger partial charge in [0.15, 0.2) is 0 Å². The molecule has 0 saturated carbocycles. The van der Waals surface area contributed by atoms with Gasteiger partial charge in [-0.05, 0) is 30.3 Å². The summed E-state index contributed by atoms with van der Waals surface area (Å²) in [6, 6.07) is 15.4. The Morgan fingerprint density at radius 3 is 1.96 bits per heavy atom. The lowest BCUT2D eigenvalue weighted by Crippen LogP contribution is -2.16. The number of hydrogen-bond donors (Lipinski definition) is 2. The molecule has 7 heteroatoms. The molecule has 0 saturated heterocycles. The quantitative estimate of drug-likeness (QED) is 0.671. The summed E-state index contributed by atoms with van der Waals surface area (Å²) in [6.07, 6.45) is 2.75. The Bertz CT molecular complexity index is 942. The van der Waals surface area contributed by atoms with Crippen molar-refractivity contribution in [2.45, 2.75) is 0 Å². The van der Waals surface area contributed by atoms with E-state index in [4.69, 9.17) is 23.2 Å². The van der Waals surface area contributed by atoms with Crippen molar-refractivity contribution in [3.63, 3.8) is 0 Å². The Kier molecular flexibility index (Phi) is 5.51. The molecule has 0 aliphatic heterocycles. The second kappa shape index (κ2) is 7.99. The van der Waals surface area contributed by atoms with E-state index >= 15 is 0 Å². The number of nitrogens with zero attached hydrogens (tertiary/aromatic N) is 1. The van der Waals surface area contributed by atoms with Crippen LogP contribution in [-0.4, -0.2) is 16.8 Å². The highest BCUT2D eigenvalue weighted by molar-refractivity contribution is 6.40. The second-order valence-electron chi connectivity index (χ2n) is 5.33. The van der Waals surface area contributed by atoms with Crippen LogP contribution in [0.1, 0.15) is 20.7 Å². The molecule has 0 aliphatic rings. The van der Waals surface area contributed by atoms with Gasteiger partial charge in [-0.2, -0.15) is 0 Å². The number of halogens is 2. The number of hydrogen-bond acceptors (Lipinski definition) is 3. The minimum atomic E-state index is -0.470. The third-order valence-corrected chi connectivity index (χ3v) is 4.13. The first kappa shape index (κ1) is 17.9. The van der Waals surface area contributed by atoms with Gasteiger partial charge in [0.25, 0.3) is 11.8 Å². The summed E-state index contributed by atoms with van der Waals surface area (Å²) in [7, 11) is 0. The predicted octanol–water partition coefficient (Wildman–Crippen LogP) is 4.89. The highest BCUT2D eigenvalue weighted by Crippen LogP contribution is 2.30. The van der Waals surface area contributed by atoms with Crippen molar-refractivity contribution in [1.82, 2.24) is 4.98 Å². The molecule has 1 heterocycles. The average Bonchev–Trinajstić information content (AvgIpc) is 2.65. The number of anilines is 2. The van der Waals surface area contributed by atoms with Gasteiger partial charge in [-0.25, -0.2) is 0 Å². The maximum atomic E-state index is 12.5. The van der Waals surface area contributed by atoms with Gasteiger partial charge >= 0.3 is 0 Å². The van der Waals surface area contributed by atoms with Crippen LogP contribution in [0.5, 0.6) is 0 Å². The molecule has 3 rings (SSSR count). The summed E-state index contributed by atoms with van der Waals surface area (Å²) in [5, 5.41) is 6.01. The molecular weight excluding hydrogens is 373 g/mol. The van der Waals surface area contributed by atoms with Crippen LogP contribution in [0, 0.1) is 0 Å². The van der Waals surface area contributed by atoms with Crippen LogP contribution in [0.15, 0.2) is 67.0 Å². The number of carbonyl (C=O) groups excluding carboxylic acids is 2. The first-order valence-electron chi connectivity index (χ1n) is 7.61. The molecule has 0 fully saturated rings. The van der Waals surface area contributed by atoms with Gasteiger partial charge in [-0.3, -0.25) is 14.6 Å². The van der Waals surface area contributed by atoms with Crippen LogP contribution in [0.25, 0.3) is 0 Å². The standard InChI is InChI=1S/C19H13Cl2N3O2/c20-15-7-4-8-16(21)17(15)24-19(26)13-9-12(10-22-11-13)18(25)23-14-5-2-1-3-6-14/h1-11H,(H,23,25)(H,24,26). The van der Waals surface area contributed by atoms with Gasteiger partial charge in [0.1, 0.15) is 0 Å². The summed E-state index contributed by atoms with van der Waals surface area (Å²) in [4.78, 5) is 28.7. The predicted molar refractivity (Wildman–Crippen MR) is 103 cm³/mol. The van der Waals surface area contributed by atoms with E-state index in [0.717, 1.165) is 0 Å². The van der Waals surface area contributed by atoms with E-state index in [1.165, 1.54) is 18.5 Å². The minimum absolute atomic E-state index is 0.210. The summed E-state index contributed by atoms with van der Waals surface area (Å²) >= 11 is 12.1. The second-order valence-corrected chi connectivity index (χ2v) is 6.15. The maximum absolute atomic E-state index is 12.5. The fourth-order valence-corrected chi connectivity index (χ4v) is 2.71. The van der Waals surface area contributed by atoms with E-state index in [0.29, 0.717) is 21.4 Å². The van der Waals surface area contributed by atoms with E-state index in [1.54, 1.807) is 30.3 Å². The lowest BCUT2D eigenvalue weighted by molar-refractivity contribution is 0.102. The van der Waals surface area contributed by atoms with Crippen molar-refractivity contribution in [2.24, 2.45) is 0 Å². The van der Waals surface area contributed by atoms with Crippen LogP contribution in [0.2, 0.25) is 10.0 Å². The first-order chi connectivity index (χ1) is 12.5. The molecule has 130 valence electrons. The van der Waals surface area contributed by atoms with E-state index in [2.05, 4.69) is 15.6 Å². The van der Waals surface area contributed by atoms with Crippen LogP contribution in [0.3, 0.4) is 0 Å². The SMILES string of the molecule is O=C(Nc1ccccc1)c1cncc(C(=O)Nc2c(Cl)cccc2Cl)c1. The third kappa shape index (κ3) is 4.20. The molecule has 0 unspecified atom stereocenters. The molecule has 1 aromatic heterocycles. The van der Waals surface area contributed by atoms with Crippen molar-refractivity contribution in [3.8, 4) is 0 Å². The van der Waals surface area contributed by atoms with Gasteiger partial charge in [0.2, 0.25) is 0 Å². The number of carbonyl (C=O) groups is 2. The summed E-state index contributed by atoms with van der Waals surface area (Å²) in [6.45, 7) is 0. The summed E-state index contributed by atoms with van der Waals surface area (Å²) in [5.41, 5.74) is 1.42. The van der Waals surface area contributed by atoms with E-state index in [1.807, 2.05) is 18.2 Å². The number of aromatic nitrogens is 1. The first-order valence-corrected chi connectivity index (χ1v) is 8.37. The lowest BCUT2D eigenvalue weighted by Gasteiger charge is -2.10. The molecule has 0 bridgehead atoms. The van der Waals surface area contributed by atoms with Crippen molar-refractivity contribution < 1.29 is 9.59 Å². The zero-order valence-electron chi connectivity index (χ0n) is 13.4. The molecule has 2 aromatic carbocycles. The largest absolute Gasteiger partial charge is 0.322 e. The zero-order chi connectivity index (χ0) is 18.5. The number of pyridine rings is 1. The smallest absolute Gasteiger partial charge is 0.257 e. The Morgan fingerprint density at radius 2 is 1.35 bits per heavy atom. The van der Waals surface area contributed by atoms with Crippen molar-refractivity contribution in [3.05, 3.63) is 88.2 Å². The Labute approximate surface area is 160 Å². The number of benzene rings is 2. The van der Waals surface area contributed by atoms with Gasteiger partial charge in [-0.15, -0.1) is 0 Å². The number of para-hydroxylation sites is 2. The summed E-state index contributed by atoms with van der Waals surface area (Å²) < 4.78 is 0. The van der Waals surface area contributed by atoms with Gasteiger partial charge in [0.05, 0.1) is 26.9 Å². The molecule has 2 N–H and O–H groups in total. The lowest BCUT2D eigenvalue weighted by atomic mass is 10.1. The summed E-state index contributed by atoms with van der Waals surface area (Å²) in [5.74, 6) is -0.837. The maximum Gasteiger partial charge on any atom is 0.257 e. The molecule has 0 spiro atoms.